The number of hydrogen-bond donors (Lipinski definition) is 1. The highest BCUT2D eigenvalue weighted by Crippen LogP contribution is 2.20. The van der Waals surface area contributed by atoms with E-state index in [0.29, 0.717) is 0 Å². The Labute approximate surface area is 104 Å². The highest BCUT2D eigenvalue weighted by Gasteiger charge is 2.21. The highest BCUT2D eigenvalue weighted by molar-refractivity contribution is 5.03. The van der Waals surface area contributed by atoms with Gasteiger partial charge in [0.05, 0.1) is 0 Å². The third-order valence-electron chi connectivity index (χ3n) is 3.46. The second kappa shape index (κ2) is 4.77. The summed E-state index contributed by atoms with van der Waals surface area (Å²) in [6.07, 6.45) is 3.58. The molecule has 1 saturated heterocycles. The smallest absolute Gasteiger partial charge is 0.156 e. The number of aromatic nitrogens is 3. The molecular formula is C13H24N4. The summed E-state index contributed by atoms with van der Waals surface area (Å²) >= 11 is 0. The first-order valence-corrected chi connectivity index (χ1v) is 6.58. The fraction of sp³-hybridized carbons (Fsp3) is 0.846. The summed E-state index contributed by atoms with van der Waals surface area (Å²) < 4.78 is 1.95. The molecule has 0 aromatic carbocycles. The summed E-state index contributed by atoms with van der Waals surface area (Å²) in [5.41, 5.74) is 0.0466. The maximum atomic E-state index is 4.67. The third kappa shape index (κ3) is 3.06. The minimum atomic E-state index is 0.0466. The van der Waals surface area contributed by atoms with Gasteiger partial charge in [-0.15, -0.1) is 0 Å². The van der Waals surface area contributed by atoms with Gasteiger partial charge in [0.15, 0.2) is 5.82 Å². The first kappa shape index (κ1) is 12.6. The van der Waals surface area contributed by atoms with Crippen LogP contribution in [-0.4, -0.2) is 27.9 Å². The lowest BCUT2D eigenvalue weighted by atomic mass is 9.96. The molecule has 1 aliphatic heterocycles. The molecule has 0 aliphatic carbocycles. The number of nitrogens with one attached hydrogen (secondary N) is 1. The Hall–Kier alpha value is -0.900. The van der Waals surface area contributed by atoms with E-state index in [9.17, 15) is 0 Å². The van der Waals surface area contributed by atoms with Crippen molar-refractivity contribution in [3.8, 4) is 0 Å². The predicted molar refractivity (Wildman–Crippen MR) is 69.0 cm³/mol. The van der Waals surface area contributed by atoms with Gasteiger partial charge in [0, 0.05) is 18.9 Å². The van der Waals surface area contributed by atoms with Gasteiger partial charge in [-0.3, -0.25) is 4.68 Å². The molecule has 1 aliphatic rings. The number of rotatable bonds is 3. The van der Waals surface area contributed by atoms with Gasteiger partial charge < -0.3 is 5.32 Å². The molecule has 96 valence electrons. The minimum absolute atomic E-state index is 0.0466. The van der Waals surface area contributed by atoms with Crippen molar-refractivity contribution in [1.29, 1.82) is 0 Å². The van der Waals surface area contributed by atoms with Crippen molar-refractivity contribution in [2.24, 2.45) is 13.0 Å². The summed E-state index contributed by atoms with van der Waals surface area (Å²) in [5, 5.41) is 7.93. The van der Waals surface area contributed by atoms with Crippen LogP contribution in [0.4, 0.5) is 0 Å². The molecule has 1 unspecified atom stereocenters. The zero-order valence-electron chi connectivity index (χ0n) is 11.5. The average molecular weight is 236 g/mol. The zero-order chi connectivity index (χ0) is 12.5. The lowest BCUT2D eigenvalue weighted by molar-refractivity contribution is 0.515. The largest absolute Gasteiger partial charge is 0.316 e. The van der Waals surface area contributed by atoms with E-state index in [1.807, 2.05) is 11.7 Å². The normalized spacial score (nSPS) is 21.1. The molecule has 0 amide bonds. The molecule has 1 fully saturated rings. The molecule has 2 heterocycles. The van der Waals surface area contributed by atoms with E-state index in [1.54, 1.807) is 0 Å². The summed E-state index contributed by atoms with van der Waals surface area (Å²) in [5.74, 6) is 2.91. The van der Waals surface area contributed by atoms with E-state index >= 15 is 0 Å². The minimum Gasteiger partial charge on any atom is -0.316 e. The Kier molecular flexibility index (Phi) is 3.52. The molecular weight excluding hydrogens is 212 g/mol. The van der Waals surface area contributed by atoms with Crippen LogP contribution in [0.1, 0.15) is 45.3 Å². The fourth-order valence-corrected chi connectivity index (χ4v) is 2.25. The van der Waals surface area contributed by atoms with Gasteiger partial charge in [-0.1, -0.05) is 20.8 Å². The Morgan fingerprint density at radius 2 is 2.18 bits per heavy atom. The van der Waals surface area contributed by atoms with Crippen molar-refractivity contribution in [3.05, 3.63) is 11.6 Å². The lowest BCUT2D eigenvalue weighted by Gasteiger charge is -2.12. The highest BCUT2D eigenvalue weighted by atomic mass is 15.3. The van der Waals surface area contributed by atoms with Crippen molar-refractivity contribution < 1.29 is 0 Å². The van der Waals surface area contributed by atoms with E-state index < -0.39 is 0 Å². The van der Waals surface area contributed by atoms with Crippen molar-refractivity contribution >= 4 is 0 Å². The fourth-order valence-electron chi connectivity index (χ4n) is 2.25. The number of aryl methyl sites for hydroxylation is 2. The molecule has 4 nitrogen and oxygen atoms in total. The van der Waals surface area contributed by atoms with Crippen LogP contribution in [0.15, 0.2) is 0 Å². The molecule has 0 radical (unpaired) electrons. The van der Waals surface area contributed by atoms with Crippen LogP contribution < -0.4 is 5.32 Å². The average Bonchev–Trinajstić information content (AvgIpc) is 2.83. The quantitative estimate of drug-likeness (QED) is 0.868. The summed E-state index contributed by atoms with van der Waals surface area (Å²) in [4.78, 5) is 4.67. The molecule has 1 N–H and O–H groups in total. The molecule has 0 spiro atoms. The first-order chi connectivity index (χ1) is 7.97. The SMILES string of the molecule is Cn1nc(C(C)(C)C)nc1CCC1CCNC1. The van der Waals surface area contributed by atoms with Crippen LogP contribution in [0.3, 0.4) is 0 Å². The van der Waals surface area contributed by atoms with Crippen molar-refractivity contribution in [3.63, 3.8) is 0 Å². The van der Waals surface area contributed by atoms with Crippen LogP contribution in [0.2, 0.25) is 0 Å². The standard InChI is InChI=1S/C13H24N4/c1-13(2,3)12-15-11(17(4)16-12)6-5-10-7-8-14-9-10/h10,14H,5-9H2,1-4H3. The Balaban J connectivity index is 1.98. The van der Waals surface area contributed by atoms with Crippen molar-refractivity contribution in [1.82, 2.24) is 20.1 Å². The van der Waals surface area contributed by atoms with Crippen LogP contribution in [0, 0.1) is 5.92 Å². The molecule has 4 heteroatoms. The Morgan fingerprint density at radius 3 is 2.71 bits per heavy atom. The second-order valence-corrected chi connectivity index (χ2v) is 6.12. The molecule has 1 aromatic heterocycles. The van der Waals surface area contributed by atoms with E-state index in [1.165, 1.54) is 25.9 Å². The van der Waals surface area contributed by atoms with Crippen LogP contribution in [0.25, 0.3) is 0 Å². The number of nitrogens with zero attached hydrogens (tertiary/aromatic N) is 3. The Morgan fingerprint density at radius 1 is 1.41 bits per heavy atom. The lowest BCUT2D eigenvalue weighted by Crippen LogP contribution is -2.13. The predicted octanol–water partition coefficient (Wildman–Crippen LogP) is 1.65. The van der Waals surface area contributed by atoms with Gasteiger partial charge in [0.25, 0.3) is 0 Å². The van der Waals surface area contributed by atoms with Gasteiger partial charge in [0.2, 0.25) is 0 Å². The summed E-state index contributed by atoms with van der Waals surface area (Å²) in [6.45, 7) is 8.83. The second-order valence-electron chi connectivity index (χ2n) is 6.12. The van der Waals surface area contributed by atoms with Crippen LogP contribution in [-0.2, 0) is 18.9 Å². The van der Waals surface area contributed by atoms with Gasteiger partial charge in [0.1, 0.15) is 5.82 Å². The molecule has 1 atom stereocenters. The van der Waals surface area contributed by atoms with Crippen LogP contribution >= 0.6 is 0 Å². The van der Waals surface area contributed by atoms with Gasteiger partial charge in [-0.25, -0.2) is 4.98 Å². The van der Waals surface area contributed by atoms with Gasteiger partial charge in [-0.05, 0) is 31.8 Å². The zero-order valence-corrected chi connectivity index (χ0v) is 11.5. The van der Waals surface area contributed by atoms with Gasteiger partial charge in [-0.2, -0.15) is 5.10 Å². The first-order valence-electron chi connectivity index (χ1n) is 6.58. The Bertz CT molecular complexity index is 369. The third-order valence-corrected chi connectivity index (χ3v) is 3.46. The molecule has 0 saturated carbocycles. The van der Waals surface area contributed by atoms with Crippen LogP contribution in [0.5, 0.6) is 0 Å². The number of hydrogen-bond acceptors (Lipinski definition) is 3. The van der Waals surface area contributed by atoms with E-state index in [2.05, 4.69) is 36.2 Å². The summed E-state index contributed by atoms with van der Waals surface area (Å²) in [7, 11) is 2.00. The molecule has 0 bridgehead atoms. The van der Waals surface area contributed by atoms with Gasteiger partial charge >= 0.3 is 0 Å². The maximum absolute atomic E-state index is 4.67. The topological polar surface area (TPSA) is 42.7 Å². The molecule has 17 heavy (non-hydrogen) atoms. The van der Waals surface area contributed by atoms with Crippen molar-refractivity contribution in [2.75, 3.05) is 13.1 Å². The maximum Gasteiger partial charge on any atom is 0.156 e. The molecule has 1 aromatic rings. The van der Waals surface area contributed by atoms with Crippen molar-refractivity contribution in [2.45, 2.75) is 45.4 Å². The molecule has 2 rings (SSSR count). The van der Waals surface area contributed by atoms with E-state index in [-0.39, 0.29) is 5.41 Å². The summed E-state index contributed by atoms with van der Waals surface area (Å²) in [6, 6.07) is 0. The van der Waals surface area contributed by atoms with E-state index in [4.69, 9.17) is 0 Å². The van der Waals surface area contributed by atoms with E-state index in [0.717, 1.165) is 24.0 Å². The monoisotopic (exact) mass is 236 g/mol.